The number of carbonyl (C=O) groups is 1. The van der Waals surface area contributed by atoms with E-state index in [2.05, 4.69) is 10.4 Å². The Labute approximate surface area is 155 Å². The summed E-state index contributed by atoms with van der Waals surface area (Å²) in [5, 5.41) is 6.64. The first kappa shape index (κ1) is 18.3. The van der Waals surface area contributed by atoms with Crippen LogP contribution in [-0.4, -0.2) is 22.4 Å². The van der Waals surface area contributed by atoms with Crippen LogP contribution < -0.4 is 15.5 Å². The maximum Gasteiger partial charge on any atom is 0.412 e. The number of aromatic nitrogens is 2. The van der Waals surface area contributed by atoms with Gasteiger partial charge in [0, 0.05) is 18.8 Å². The predicted molar refractivity (Wildman–Crippen MR) is 98.9 cm³/mol. The molecule has 0 aliphatic carbocycles. The lowest BCUT2D eigenvalue weighted by atomic mass is 10.1. The van der Waals surface area contributed by atoms with Gasteiger partial charge in [-0.25, -0.2) is 13.9 Å². The van der Waals surface area contributed by atoms with Gasteiger partial charge in [-0.05, 0) is 36.8 Å². The second-order valence-corrected chi connectivity index (χ2v) is 5.70. The molecule has 138 valence electrons. The van der Waals surface area contributed by atoms with E-state index in [1.807, 2.05) is 18.2 Å². The molecule has 3 rings (SSSR count). The molecule has 27 heavy (non-hydrogen) atoms. The average Bonchev–Trinajstić information content (AvgIpc) is 2.69. The lowest BCUT2D eigenvalue weighted by Gasteiger charge is -2.12. The molecule has 1 heterocycles. The molecule has 1 atom stereocenters. The van der Waals surface area contributed by atoms with Crippen molar-refractivity contribution in [2.24, 2.45) is 0 Å². The number of carbonyl (C=O) groups excluding carboxylic acids is 1. The van der Waals surface area contributed by atoms with Crippen LogP contribution in [0, 0.1) is 0 Å². The van der Waals surface area contributed by atoms with Gasteiger partial charge in [0.15, 0.2) is 6.17 Å². The number of benzene rings is 2. The van der Waals surface area contributed by atoms with Crippen molar-refractivity contribution in [1.29, 1.82) is 0 Å². The highest BCUT2D eigenvalue weighted by atomic mass is 19.1. The van der Waals surface area contributed by atoms with E-state index in [0.29, 0.717) is 12.2 Å². The lowest BCUT2D eigenvalue weighted by molar-refractivity contribution is 0.201. The topological polar surface area (TPSA) is 73.2 Å². The summed E-state index contributed by atoms with van der Waals surface area (Å²) in [5.41, 5.74) is 0.132. The number of hydrogen-bond acceptors (Lipinski definition) is 4. The molecule has 0 fully saturated rings. The first-order valence-electron chi connectivity index (χ1n) is 8.43. The van der Waals surface area contributed by atoms with Crippen LogP contribution in [0.15, 0.2) is 71.7 Å². The molecule has 3 aromatic rings. The Balaban J connectivity index is 1.91. The number of nitrogens with one attached hydrogen (secondary N) is 1. The van der Waals surface area contributed by atoms with Gasteiger partial charge in [0.05, 0.1) is 5.69 Å². The summed E-state index contributed by atoms with van der Waals surface area (Å²) in [6.45, 7) is 2.17. The number of ether oxygens (including phenoxy) is 1. The zero-order valence-corrected chi connectivity index (χ0v) is 14.6. The van der Waals surface area contributed by atoms with E-state index in [9.17, 15) is 9.59 Å². The predicted octanol–water partition coefficient (Wildman–Crippen LogP) is 3.40. The highest BCUT2D eigenvalue weighted by molar-refractivity contribution is 5.70. The van der Waals surface area contributed by atoms with E-state index in [4.69, 9.17) is 4.74 Å². The molecule has 1 aromatic heterocycles. The van der Waals surface area contributed by atoms with Crippen molar-refractivity contribution in [3.05, 3.63) is 88.3 Å². The third kappa shape index (κ3) is 4.38. The van der Waals surface area contributed by atoms with Gasteiger partial charge in [0.25, 0.3) is 0 Å². The quantitative estimate of drug-likeness (QED) is 0.750. The minimum Gasteiger partial charge on any atom is -0.410 e. The third-order valence-electron chi connectivity index (χ3n) is 3.78. The smallest absolute Gasteiger partial charge is 0.410 e. The van der Waals surface area contributed by atoms with Crippen LogP contribution in [0.1, 0.15) is 24.4 Å². The molecule has 1 N–H and O–H groups in total. The van der Waals surface area contributed by atoms with Gasteiger partial charge >= 0.3 is 6.09 Å². The summed E-state index contributed by atoms with van der Waals surface area (Å²) >= 11 is 0. The number of halogens is 1. The van der Waals surface area contributed by atoms with Crippen molar-refractivity contribution < 1.29 is 13.9 Å². The summed E-state index contributed by atoms with van der Waals surface area (Å²) in [6, 6.07) is 16.3. The normalized spacial score (nSPS) is 11.6. The Morgan fingerprint density at radius 3 is 2.70 bits per heavy atom. The Kier molecular flexibility index (Phi) is 5.61. The van der Waals surface area contributed by atoms with E-state index in [1.165, 1.54) is 35.1 Å². The molecule has 2 aromatic carbocycles. The summed E-state index contributed by atoms with van der Waals surface area (Å²) in [7, 11) is 0. The molecule has 7 heteroatoms. The van der Waals surface area contributed by atoms with Gasteiger partial charge in [0.2, 0.25) is 5.43 Å². The fourth-order valence-electron chi connectivity index (χ4n) is 2.50. The monoisotopic (exact) mass is 367 g/mol. The van der Waals surface area contributed by atoms with Crippen molar-refractivity contribution in [3.8, 4) is 11.4 Å². The molecule has 0 bridgehead atoms. The third-order valence-corrected chi connectivity index (χ3v) is 3.78. The average molecular weight is 367 g/mol. The fourth-order valence-corrected chi connectivity index (χ4v) is 2.50. The zero-order valence-electron chi connectivity index (χ0n) is 14.6. The molecule has 0 aliphatic rings. The number of para-hydroxylation sites is 1. The van der Waals surface area contributed by atoms with E-state index < -0.39 is 17.7 Å². The zero-order chi connectivity index (χ0) is 19.2. The summed E-state index contributed by atoms with van der Waals surface area (Å²) in [6.07, 6.45) is -0.900. The van der Waals surface area contributed by atoms with Crippen LogP contribution in [0.2, 0.25) is 0 Å². The van der Waals surface area contributed by atoms with Crippen molar-refractivity contribution in [1.82, 2.24) is 15.1 Å². The largest absolute Gasteiger partial charge is 0.412 e. The van der Waals surface area contributed by atoms with Crippen molar-refractivity contribution >= 4 is 6.09 Å². The molecule has 0 saturated carbocycles. The highest BCUT2D eigenvalue weighted by Crippen LogP contribution is 2.26. The molecule has 6 nitrogen and oxygen atoms in total. The van der Waals surface area contributed by atoms with Crippen LogP contribution >= 0.6 is 0 Å². The van der Waals surface area contributed by atoms with Gasteiger partial charge in [-0.3, -0.25) is 4.79 Å². The maximum absolute atomic E-state index is 15.1. The van der Waals surface area contributed by atoms with Crippen LogP contribution in [0.25, 0.3) is 5.69 Å². The highest BCUT2D eigenvalue weighted by Gasteiger charge is 2.20. The summed E-state index contributed by atoms with van der Waals surface area (Å²) < 4.78 is 21.6. The number of hydrogen-bond donors (Lipinski definition) is 1. The number of nitrogens with zero attached hydrogens (tertiary/aromatic N) is 2. The SMILES string of the molecule is CCNC(=O)Oc1cccc(C(F)c2nn(-c3ccccc3)ccc2=O)c1. The Hall–Kier alpha value is -3.48. The van der Waals surface area contributed by atoms with Crippen LogP contribution in [-0.2, 0) is 0 Å². The second-order valence-electron chi connectivity index (χ2n) is 5.70. The molecule has 0 spiro atoms. The molecule has 0 aliphatic heterocycles. The van der Waals surface area contributed by atoms with Crippen LogP contribution in [0.3, 0.4) is 0 Å². The molecule has 0 radical (unpaired) electrons. The summed E-state index contributed by atoms with van der Waals surface area (Å²) in [4.78, 5) is 23.7. The first-order chi connectivity index (χ1) is 13.1. The van der Waals surface area contributed by atoms with Crippen molar-refractivity contribution in [2.75, 3.05) is 6.54 Å². The van der Waals surface area contributed by atoms with E-state index >= 15 is 4.39 Å². The van der Waals surface area contributed by atoms with Gasteiger partial charge in [-0.1, -0.05) is 30.3 Å². The van der Waals surface area contributed by atoms with E-state index in [1.54, 1.807) is 25.1 Å². The Morgan fingerprint density at radius 2 is 1.96 bits per heavy atom. The lowest BCUT2D eigenvalue weighted by Crippen LogP contribution is -2.26. The minimum absolute atomic E-state index is 0.173. The Bertz CT molecular complexity index is 989. The van der Waals surface area contributed by atoms with Gasteiger partial charge in [-0.2, -0.15) is 5.10 Å². The van der Waals surface area contributed by atoms with Gasteiger partial charge < -0.3 is 10.1 Å². The molecule has 1 unspecified atom stereocenters. The molecule has 1 amide bonds. The fraction of sp³-hybridized carbons (Fsp3) is 0.150. The number of rotatable bonds is 5. The van der Waals surface area contributed by atoms with Crippen molar-refractivity contribution in [3.63, 3.8) is 0 Å². The Morgan fingerprint density at radius 1 is 1.19 bits per heavy atom. The summed E-state index contributed by atoms with van der Waals surface area (Å²) in [5.74, 6) is 0.181. The van der Waals surface area contributed by atoms with Crippen molar-refractivity contribution in [2.45, 2.75) is 13.1 Å². The van der Waals surface area contributed by atoms with Gasteiger partial charge in [-0.15, -0.1) is 0 Å². The standard InChI is InChI=1S/C20H18FN3O3/c1-2-22-20(26)27-16-10-6-7-14(13-16)18(21)19-17(25)11-12-24(23-19)15-8-4-3-5-9-15/h3-13,18H,2H2,1H3,(H,22,26). The minimum atomic E-state index is -1.76. The molecular formula is C20H18FN3O3. The second kappa shape index (κ2) is 8.27. The van der Waals surface area contributed by atoms with Crippen LogP contribution in [0.5, 0.6) is 5.75 Å². The molecule has 0 saturated heterocycles. The maximum atomic E-state index is 15.1. The van der Waals surface area contributed by atoms with E-state index in [0.717, 1.165) is 0 Å². The number of amides is 1. The van der Waals surface area contributed by atoms with Crippen LogP contribution in [0.4, 0.5) is 9.18 Å². The first-order valence-corrected chi connectivity index (χ1v) is 8.43. The molecular weight excluding hydrogens is 349 g/mol. The number of alkyl halides is 1. The van der Waals surface area contributed by atoms with E-state index in [-0.39, 0.29) is 17.0 Å². The van der Waals surface area contributed by atoms with Gasteiger partial charge in [0.1, 0.15) is 11.4 Å².